The third-order valence-electron chi connectivity index (χ3n) is 4.09. The molecule has 2 N–H and O–H groups in total. The third-order valence-corrected chi connectivity index (χ3v) is 4.09. The molecular formula is C21H32IN5O. The highest BCUT2D eigenvalue weighted by atomic mass is 127. The van der Waals surface area contributed by atoms with E-state index in [1.54, 1.807) is 6.20 Å². The molecule has 0 fully saturated rings. The molecule has 0 bridgehead atoms. The van der Waals surface area contributed by atoms with E-state index in [-0.39, 0.29) is 24.0 Å². The summed E-state index contributed by atoms with van der Waals surface area (Å²) in [5.74, 6) is 2.74. The first-order valence-corrected chi connectivity index (χ1v) is 9.51. The number of hydrogen-bond acceptors (Lipinski definition) is 4. The highest BCUT2D eigenvalue weighted by Crippen LogP contribution is 2.13. The van der Waals surface area contributed by atoms with E-state index in [4.69, 9.17) is 4.74 Å². The topological polar surface area (TPSA) is 61.8 Å². The van der Waals surface area contributed by atoms with E-state index < -0.39 is 0 Å². The number of ether oxygens (including phenoxy) is 1. The van der Waals surface area contributed by atoms with Crippen LogP contribution in [0.3, 0.4) is 0 Å². The summed E-state index contributed by atoms with van der Waals surface area (Å²) in [7, 11) is 3.87. The van der Waals surface area contributed by atoms with Crippen LogP contribution in [-0.4, -0.2) is 49.6 Å². The smallest absolute Gasteiger partial charge is 0.193 e. The van der Waals surface area contributed by atoms with Gasteiger partial charge in [-0.15, -0.1) is 24.0 Å². The predicted molar refractivity (Wildman–Crippen MR) is 128 cm³/mol. The number of rotatable bonds is 10. The van der Waals surface area contributed by atoms with Crippen molar-refractivity contribution in [1.29, 1.82) is 0 Å². The quantitative estimate of drug-likeness (QED) is 0.225. The Morgan fingerprint density at radius 2 is 1.86 bits per heavy atom. The fraction of sp³-hybridized carbons (Fsp3) is 0.429. The molecule has 0 saturated carbocycles. The van der Waals surface area contributed by atoms with Crippen LogP contribution in [0.4, 0.5) is 5.82 Å². The minimum Gasteiger partial charge on any atom is -0.494 e. The number of pyridine rings is 1. The van der Waals surface area contributed by atoms with Gasteiger partial charge in [0.25, 0.3) is 0 Å². The summed E-state index contributed by atoms with van der Waals surface area (Å²) >= 11 is 0. The van der Waals surface area contributed by atoms with Gasteiger partial charge in [0.15, 0.2) is 5.96 Å². The number of aliphatic imine (C=N–C) groups is 1. The van der Waals surface area contributed by atoms with Crippen molar-refractivity contribution in [2.75, 3.05) is 39.1 Å². The van der Waals surface area contributed by atoms with E-state index in [0.29, 0.717) is 6.61 Å². The fourth-order valence-electron chi connectivity index (χ4n) is 2.73. The summed E-state index contributed by atoms with van der Waals surface area (Å²) in [5, 5.41) is 6.75. The molecule has 1 heterocycles. The van der Waals surface area contributed by atoms with Gasteiger partial charge in [-0.1, -0.05) is 18.2 Å². The van der Waals surface area contributed by atoms with Crippen LogP contribution < -0.4 is 15.4 Å². The Balaban J connectivity index is 0.00000392. The van der Waals surface area contributed by atoms with Crippen LogP contribution in [0, 0.1) is 0 Å². The summed E-state index contributed by atoms with van der Waals surface area (Å²) < 4.78 is 5.49. The van der Waals surface area contributed by atoms with Crippen molar-refractivity contribution in [3.63, 3.8) is 0 Å². The molecule has 0 unspecified atom stereocenters. The number of guanidine groups is 1. The number of hydrogen-bond donors (Lipinski definition) is 2. The Kier molecular flexibility index (Phi) is 12.0. The van der Waals surface area contributed by atoms with E-state index >= 15 is 0 Å². The Bertz CT molecular complexity index is 679. The average Bonchev–Trinajstić information content (AvgIpc) is 2.70. The molecule has 2 rings (SSSR count). The lowest BCUT2D eigenvalue weighted by atomic mass is 10.2. The summed E-state index contributed by atoms with van der Waals surface area (Å²) in [5.41, 5.74) is 1.23. The second-order valence-corrected chi connectivity index (χ2v) is 6.26. The van der Waals surface area contributed by atoms with Gasteiger partial charge in [-0.05, 0) is 49.6 Å². The Morgan fingerprint density at radius 1 is 1.11 bits per heavy atom. The SMILES string of the molecule is CCOc1ccc(CN(C)C(=NC)NCCCCNc2ccccn2)cc1.I. The van der Waals surface area contributed by atoms with Crippen LogP contribution in [0.1, 0.15) is 25.3 Å². The number of benzene rings is 1. The molecule has 28 heavy (non-hydrogen) atoms. The van der Waals surface area contributed by atoms with E-state index in [2.05, 4.69) is 44.7 Å². The average molecular weight is 497 g/mol. The van der Waals surface area contributed by atoms with E-state index in [1.165, 1.54) is 5.56 Å². The zero-order chi connectivity index (χ0) is 19.3. The second-order valence-electron chi connectivity index (χ2n) is 6.26. The van der Waals surface area contributed by atoms with Gasteiger partial charge in [0.05, 0.1) is 6.61 Å². The minimum atomic E-state index is 0. The minimum absolute atomic E-state index is 0. The fourth-order valence-corrected chi connectivity index (χ4v) is 2.73. The molecule has 0 spiro atoms. The molecule has 154 valence electrons. The molecule has 0 aliphatic carbocycles. The zero-order valence-corrected chi connectivity index (χ0v) is 19.3. The number of halogens is 1. The van der Waals surface area contributed by atoms with E-state index in [1.807, 2.05) is 44.3 Å². The van der Waals surface area contributed by atoms with Crippen LogP contribution in [0.5, 0.6) is 5.75 Å². The molecule has 0 saturated heterocycles. The number of unbranched alkanes of at least 4 members (excludes halogenated alkanes) is 1. The van der Waals surface area contributed by atoms with Crippen molar-refractivity contribution in [3.05, 3.63) is 54.2 Å². The number of aromatic nitrogens is 1. The third kappa shape index (κ3) is 8.77. The van der Waals surface area contributed by atoms with Crippen molar-refractivity contribution in [2.24, 2.45) is 4.99 Å². The molecule has 0 atom stereocenters. The maximum atomic E-state index is 5.49. The van der Waals surface area contributed by atoms with Gasteiger partial charge < -0.3 is 20.3 Å². The lowest BCUT2D eigenvalue weighted by Crippen LogP contribution is -2.38. The molecule has 1 aromatic heterocycles. The summed E-state index contributed by atoms with van der Waals surface area (Å²) in [4.78, 5) is 10.8. The van der Waals surface area contributed by atoms with Gasteiger partial charge in [-0.25, -0.2) is 4.98 Å². The molecule has 0 amide bonds. The van der Waals surface area contributed by atoms with E-state index in [0.717, 1.165) is 50.0 Å². The van der Waals surface area contributed by atoms with Crippen LogP contribution in [0.2, 0.25) is 0 Å². The largest absolute Gasteiger partial charge is 0.494 e. The van der Waals surface area contributed by atoms with Crippen molar-refractivity contribution < 1.29 is 4.74 Å². The van der Waals surface area contributed by atoms with Gasteiger partial charge in [0.2, 0.25) is 0 Å². The summed E-state index contributed by atoms with van der Waals surface area (Å²) in [6.07, 6.45) is 3.94. The molecule has 0 aliphatic rings. The normalized spacial score (nSPS) is 10.8. The molecule has 0 radical (unpaired) electrons. The first-order valence-electron chi connectivity index (χ1n) is 9.51. The van der Waals surface area contributed by atoms with Crippen LogP contribution in [-0.2, 0) is 6.54 Å². The van der Waals surface area contributed by atoms with Crippen LogP contribution in [0.25, 0.3) is 0 Å². The maximum Gasteiger partial charge on any atom is 0.193 e. The lowest BCUT2D eigenvalue weighted by Gasteiger charge is -2.22. The van der Waals surface area contributed by atoms with Gasteiger partial charge in [0.1, 0.15) is 11.6 Å². The van der Waals surface area contributed by atoms with Crippen LogP contribution in [0.15, 0.2) is 53.7 Å². The van der Waals surface area contributed by atoms with Gasteiger partial charge in [0, 0.05) is 39.9 Å². The molecular weight excluding hydrogens is 465 g/mol. The number of nitrogens with zero attached hydrogens (tertiary/aromatic N) is 3. The highest BCUT2D eigenvalue weighted by molar-refractivity contribution is 14.0. The van der Waals surface area contributed by atoms with Crippen LogP contribution >= 0.6 is 24.0 Å². The molecule has 1 aromatic carbocycles. The number of anilines is 1. The van der Waals surface area contributed by atoms with Crippen molar-refractivity contribution in [1.82, 2.24) is 15.2 Å². The second kappa shape index (κ2) is 14.0. The molecule has 7 heteroatoms. The maximum absolute atomic E-state index is 5.49. The Hall–Kier alpha value is -2.03. The van der Waals surface area contributed by atoms with Crippen molar-refractivity contribution in [3.8, 4) is 5.75 Å². The predicted octanol–water partition coefficient (Wildman–Crippen LogP) is 4.00. The zero-order valence-electron chi connectivity index (χ0n) is 17.0. The summed E-state index contributed by atoms with van der Waals surface area (Å²) in [6, 6.07) is 14.1. The van der Waals surface area contributed by atoms with Gasteiger partial charge in [-0.2, -0.15) is 0 Å². The first kappa shape index (κ1) is 24.0. The monoisotopic (exact) mass is 497 g/mol. The van der Waals surface area contributed by atoms with Gasteiger partial charge in [-0.3, -0.25) is 4.99 Å². The lowest BCUT2D eigenvalue weighted by molar-refractivity contribution is 0.340. The molecule has 2 aromatic rings. The Morgan fingerprint density at radius 3 is 2.50 bits per heavy atom. The van der Waals surface area contributed by atoms with E-state index in [9.17, 15) is 0 Å². The van der Waals surface area contributed by atoms with Crippen molar-refractivity contribution in [2.45, 2.75) is 26.3 Å². The summed E-state index contributed by atoms with van der Waals surface area (Å²) in [6.45, 7) is 5.29. The standard InChI is InChI=1S/C21H31N5O.HI/c1-4-27-19-12-10-18(11-13-19)17-26(3)21(22-2)25-16-8-7-15-24-20-9-5-6-14-23-20;/h5-6,9-14H,4,7-8,15-17H2,1-3H3,(H,22,25)(H,23,24);1H. The molecule has 0 aliphatic heterocycles. The number of nitrogens with one attached hydrogen (secondary N) is 2. The molecule has 6 nitrogen and oxygen atoms in total. The van der Waals surface area contributed by atoms with Crippen molar-refractivity contribution >= 4 is 35.8 Å². The highest BCUT2D eigenvalue weighted by Gasteiger charge is 2.06. The Labute approximate surface area is 185 Å². The van der Waals surface area contributed by atoms with Gasteiger partial charge >= 0.3 is 0 Å². The first-order chi connectivity index (χ1) is 13.2.